The highest BCUT2D eigenvalue weighted by Gasteiger charge is 2.43. The highest BCUT2D eigenvalue weighted by molar-refractivity contribution is 6.07. The molecule has 0 fully saturated rings. The van der Waals surface area contributed by atoms with Gasteiger partial charge in [-0.1, -0.05) is 110 Å². The fourth-order valence-electron chi connectivity index (χ4n) is 4.53. The number of ether oxygens (including phenoxy) is 1. The Balaban J connectivity index is 1.46. The third kappa shape index (κ3) is 15.7. The van der Waals surface area contributed by atoms with Gasteiger partial charge in [0, 0.05) is 31.1 Å². The normalized spacial score (nSPS) is 17.6. The summed E-state index contributed by atoms with van der Waals surface area (Å²) in [6.07, 6.45) is 33.9. The minimum Gasteiger partial charge on any atom is -0.469 e. The maximum atomic E-state index is 12.5. The van der Waals surface area contributed by atoms with Crippen molar-refractivity contribution < 1.29 is 24.2 Å². The Labute approximate surface area is 275 Å². The molecule has 1 heterocycles. The van der Waals surface area contributed by atoms with Gasteiger partial charge in [-0.3, -0.25) is 14.4 Å². The number of aliphatic hydroxyl groups is 1. The molecule has 0 saturated carbocycles. The molecule has 248 valence electrons. The molecule has 0 spiro atoms. The van der Waals surface area contributed by atoms with E-state index >= 15 is 0 Å². The van der Waals surface area contributed by atoms with Crippen molar-refractivity contribution in [2.45, 2.75) is 89.8 Å². The number of hydrogen-bond donors (Lipinski definition) is 3. The Morgan fingerprint density at radius 2 is 1.28 bits per heavy atom. The molecule has 2 amide bonds. The number of allylic oxidation sites excluding steroid dienone is 12. The number of carbonyl (C=O) groups excluding carboxylic acids is 3. The van der Waals surface area contributed by atoms with Crippen LogP contribution in [0.5, 0.6) is 0 Å². The van der Waals surface area contributed by atoms with E-state index in [4.69, 9.17) is 4.74 Å². The van der Waals surface area contributed by atoms with Crippen LogP contribution in [-0.4, -0.2) is 41.9 Å². The lowest BCUT2D eigenvalue weighted by atomic mass is 9.92. The van der Waals surface area contributed by atoms with E-state index in [1.165, 1.54) is 6.08 Å². The van der Waals surface area contributed by atoms with Crippen molar-refractivity contribution in [2.24, 2.45) is 0 Å². The van der Waals surface area contributed by atoms with Crippen LogP contribution in [0.3, 0.4) is 0 Å². The fourth-order valence-corrected chi connectivity index (χ4v) is 4.53. The zero-order valence-corrected chi connectivity index (χ0v) is 27.5. The van der Waals surface area contributed by atoms with Crippen molar-refractivity contribution in [1.82, 2.24) is 10.6 Å². The lowest BCUT2D eigenvalue weighted by molar-refractivity contribution is -0.132. The van der Waals surface area contributed by atoms with Gasteiger partial charge in [0.2, 0.25) is 11.7 Å². The Bertz CT molecular complexity index is 1270. The lowest BCUT2D eigenvalue weighted by Gasteiger charge is -2.24. The second kappa shape index (κ2) is 23.2. The van der Waals surface area contributed by atoms with Crippen molar-refractivity contribution in [3.63, 3.8) is 0 Å². The van der Waals surface area contributed by atoms with E-state index in [2.05, 4.69) is 84.4 Å². The number of ketones is 1. The zero-order chi connectivity index (χ0) is 33.3. The van der Waals surface area contributed by atoms with Crippen molar-refractivity contribution in [3.05, 3.63) is 121 Å². The van der Waals surface area contributed by atoms with E-state index < -0.39 is 17.6 Å². The third-order valence-corrected chi connectivity index (χ3v) is 7.29. The highest BCUT2D eigenvalue weighted by atomic mass is 16.5. The van der Waals surface area contributed by atoms with Crippen LogP contribution in [0.1, 0.15) is 83.6 Å². The van der Waals surface area contributed by atoms with Gasteiger partial charge in [0.15, 0.2) is 11.4 Å². The molecule has 1 aliphatic heterocycles. The molecule has 1 aromatic carbocycles. The Kier molecular flexibility index (Phi) is 19.1. The Hall–Kier alpha value is -4.23. The quantitative estimate of drug-likeness (QED) is 0.118. The largest absolute Gasteiger partial charge is 0.469 e. The molecule has 3 N–H and O–H groups in total. The summed E-state index contributed by atoms with van der Waals surface area (Å²) < 4.78 is 5.73. The minimum absolute atomic E-state index is 0.0370. The van der Waals surface area contributed by atoms with E-state index in [1.807, 2.05) is 24.3 Å². The summed E-state index contributed by atoms with van der Waals surface area (Å²) in [7, 11) is 0. The summed E-state index contributed by atoms with van der Waals surface area (Å²) >= 11 is 0. The molecule has 2 atom stereocenters. The average Bonchev–Trinajstić information content (AvgIpc) is 3.37. The Morgan fingerprint density at radius 1 is 0.783 bits per heavy atom. The molecule has 0 bridgehead atoms. The summed E-state index contributed by atoms with van der Waals surface area (Å²) in [4.78, 5) is 37.1. The molecular weight excluding hydrogens is 576 g/mol. The van der Waals surface area contributed by atoms with Gasteiger partial charge < -0.3 is 20.5 Å². The molecule has 1 aromatic rings. The smallest absolute Gasteiger partial charge is 0.286 e. The number of rotatable bonds is 22. The first kappa shape index (κ1) is 38.0. The summed E-state index contributed by atoms with van der Waals surface area (Å²) in [5, 5.41) is 15.7. The van der Waals surface area contributed by atoms with E-state index in [0.717, 1.165) is 38.5 Å². The van der Waals surface area contributed by atoms with Gasteiger partial charge in [-0.25, -0.2) is 0 Å². The first-order valence-electron chi connectivity index (χ1n) is 16.5. The van der Waals surface area contributed by atoms with Crippen LogP contribution < -0.4 is 10.6 Å². The monoisotopic (exact) mass is 628 g/mol. The summed E-state index contributed by atoms with van der Waals surface area (Å²) in [5.41, 5.74) is -0.550. The number of hydrogen-bond acceptors (Lipinski definition) is 5. The van der Waals surface area contributed by atoms with Crippen LogP contribution in [0.4, 0.5) is 0 Å². The first-order valence-corrected chi connectivity index (χ1v) is 16.5. The average molecular weight is 629 g/mol. The van der Waals surface area contributed by atoms with Gasteiger partial charge in [-0.2, -0.15) is 0 Å². The number of aliphatic hydroxyl groups excluding tert-OH is 1. The van der Waals surface area contributed by atoms with Crippen LogP contribution in [0, 0.1) is 0 Å². The van der Waals surface area contributed by atoms with Gasteiger partial charge >= 0.3 is 0 Å². The van der Waals surface area contributed by atoms with Gasteiger partial charge in [0.05, 0.1) is 6.10 Å². The van der Waals surface area contributed by atoms with E-state index in [1.54, 1.807) is 19.1 Å². The van der Waals surface area contributed by atoms with E-state index in [-0.39, 0.29) is 24.0 Å². The molecule has 7 nitrogen and oxygen atoms in total. The topological polar surface area (TPSA) is 105 Å². The van der Waals surface area contributed by atoms with Gasteiger partial charge in [0.1, 0.15) is 0 Å². The maximum Gasteiger partial charge on any atom is 0.286 e. The van der Waals surface area contributed by atoms with E-state index in [0.29, 0.717) is 37.8 Å². The molecule has 2 unspecified atom stereocenters. The zero-order valence-electron chi connectivity index (χ0n) is 27.5. The molecular formula is C39H52N2O5. The molecule has 0 aliphatic carbocycles. The molecule has 0 aromatic heterocycles. The molecule has 2 rings (SSSR count). The molecule has 1 aliphatic rings. The number of benzene rings is 1. The molecule has 46 heavy (non-hydrogen) atoms. The van der Waals surface area contributed by atoms with Gasteiger partial charge in [-0.15, -0.1) is 0 Å². The van der Waals surface area contributed by atoms with Gasteiger partial charge in [0.25, 0.3) is 5.91 Å². The summed E-state index contributed by atoms with van der Waals surface area (Å²) in [5.74, 6) is -0.884. The first-order chi connectivity index (χ1) is 22.4. The minimum atomic E-state index is -1.22. The second-order valence-electron chi connectivity index (χ2n) is 11.2. The van der Waals surface area contributed by atoms with Crippen LogP contribution >= 0.6 is 0 Å². The van der Waals surface area contributed by atoms with Crippen LogP contribution in [0.15, 0.2) is 115 Å². The van der Waals surface area contributed by atoms with Gasteiger partial charge in [-0.05, 0) is 64.7 Å². The summed E-state index contributed by atoms with van der Waals surface area (Å²) in [6.45, 7) is 4.36. The molecule has 0 radical (unpaired) electrons. The van der Waals surface area contributed by atoms with Crippen LogP contribution in [0.2, 0.25) is 0 Å². The number of amides is 2. The Morgan fingerprint density at radius 3 is 1.83 bits per heavy atom. The van der Waals surface area contributed by atoms with Crippen molar-refractivity contribution in [2.75, 3.05) is 13.1 Å². The maximum absolute atomic E-state index is 12.5. The highest BCUT2D eigenvalue weighted by Crippen LogP contribution is 2.34. The fraction of sp³-hybridized carbons (Fsp3) is 0.410. The predicted molar refractivity (Wildman–Crippen MR) is 187 cm³/mol. The predicted octanol–water partition coefficient (Wildman–Crippen LogP) is 7.24. The molecule has 7 heteroatoms. The van der Waals surface area contributed by atoms with E-state index in [9.17, 15) is 19.5 Å². The van der Waals surface area contributed by atoms with Crippen LogP contribution in [0.25, 0.3) is 0 Å². The number of carbonyl (C=O) groups is 3. The molecule has 0 saturated heterocycles. The SMILES string of the molecule is CC/C=C\C/C=C\C/C=C\C/C=C\C/C=C\C/C=C\CCC(=O)NCCC(O)CCNC(=O)C1=CC(=O)C(C)(c2ccccc2)O1. The standard InChI is InChI=1S/C39H52N2O5/c1-3-4-5-6-7-8-9-10-11-12-13-14-15-16-17-18-19-20-24-27-37(44)40-30-28-34(42)29-31-41-38(45)35-32-36(43)39(2,46-35)33-25-22-21-23-26-33/h4-5,7-8,10-11,13-14,16-17,19-23,25-26,32,34,42H,3,6,9,12,15,18,24,27-31H2,1-2H3,(H,40,44)(H,41,45)/b5-4-,8-7-,11-10-,14-13-,17-16-,20-19-. The lowest BCUT2D eigenvalue weighted by Crippen LogP contribution is -2.33. The van der Waals surface area contributed by atoms with Crippen molar-refractivity contribution in [1.29, 1.82) is 0 Å². The van der Waals surface area contributed by atoms with Crippen LogP contribution in [-0.2, 0) is 24.7 Å². The second-order valence-corrected chi connectivity index (χ2v) is 11.2. The summed E-state index contributed by atoms with van der Waals surface area (Å²) in [6, 6.07) is 9.04. The van der Waals surface area contributed by atoms with Crippen molar-refractivity contribution >= 4 is 17.6 Å². The van der Waals surface area contributed by atoms with Crippen molar-refractivity contribution in [3.8, 4) is 0 Å². The third-order valence-electron chi connectivity index (χ3n) is 7.29. The number of nitrogens with one attached hydrogen (secondary N) is 2.